The molecule has 0 amide bonds. The molecule has 0 saturated carbocycles. The first-order valence-electron chi connectivity index (χ1n) is 3.96. The Bertz CT molecular complexity index is 820. The highest BCUT2D eigenvalue weighted by Crippen LogP contribution is 2.36. The fraction of sp³-hybridized carbons (Fsp3) is 0. The molecule has 92 valence electrons. The molecule has 2 aromatic rings. The van der Waals surface area contributed by atoms with Gasteiger partial charge in [0.05, 0.1) is 0 Å². The number of nitrogens with one attached hydrogen (secondary N) is 2. The summed E-state index contributed by atoms with van der Waals surface area (Å²) in [5.41, 5.74) is -4.56. The summed E-state index contributed by atoms with van der Waals surface area (Å²) >= 11 is 5.27. The molecule has 2 aromatic heterocycles. The molecule has 0 fully saturated rings. The lowest BCUT2D eigenvalue weighted by atomic mass is 10.5. The Hall–Kier alpha value is -1.61. The Kier molecular flexibility index (Phi) is 2.40. The number of hydrogen-bond donors (Lipinski definition) is 4. The molecule has 4 N–H and O–H groups in total. The highest BCUT2D eigenvalue weighted by molar-refractivity contribution is 7.50. The number of aromatic nitrogens is 4. The summed E-state index contributed by atoms with van der Waals surface area (Å²) in [6, 6.07) is 0. The number of rotatable bonds is 1. The number of nitrogens with zero attached hydrogens (tertiary/aromatic N) is 2. The van der Waals surface area contributed by atoms with Gasteiger partial charge in [0.2, 0.25) is 0 Å². The fourth-order valence-corrected chi connectivity index (χ4v) is 2.23. The van der Waals surface area contributed by atoms with Crippen molar-refractivity contribution >= 4 is 30.7 Å². The van der Waals surface area contributed by atoms with Gasteiger partial charge in [0.15, 0.2) is 11.2 Å². The van der Waals surface area contributed by atoms with Gasteiger partial charge in [0.25, 0.3) is 5.56 Å². The van der Waals surface area contributed by atoms with Crippen LogP contribution >= 0.6 is 19.5 Å². The molecule has 0 aliphatic heterocycles. The van der Waals surface area contributed by atoms with Gasteiger partial charge in [-0.15, -0.1) is 0 Å². The average molecular weight is 283 g/mol. The molecule has 17 heavy (non-hydrogen) atoms. The summed E-state index contributed by atoms with van der Waals surface area (Å²) in [6.07, 6.45) is 0. The van der Waals surface area contributed by atoms with Crippen molar-refractivity contribution in [1.29, 1.82) is 0 Å². The van der Waals surface area contributed by atoms with Crippen LogP contribution in [0.15, 0.2) is 14.4 Å². The summed E-state index contributed by atoms with van der Waals surface area (Å²) in [4.78, 5) is 55.6. The van der Waals surface area contributed by atoms with E-state index in [9.17, 15) is 18.9 Å². The van der Waals surface area contributed by atoms with E-state index in [0.717, 1.165) is 0 Å². The second-order valence-electron chi connectivity index (χ2n) is 3.00. The van der Waals surface area contributed by atoms with E-state index in [1.165, 1.54) is 0 Å². The fourth-order valence-electron chi connectivity index (χ4n) is 1.29. The van der Waals surface area contributed by atoms with E-state index in [2.05, 4.69) is 0 Å². The van der Waals surface area contributed by atoms with Crippen LogP contribution in [-0.4, -0.2) is 28.2 Å². The minimum Gasteiger partial charge on any atom is -0.308 e. The van der Waals surface area contributed by atoms with Crippen LogP contribution in [0, 0.1) is 0 Å². The van der Waals surface area contributed by atoms with E-state index >= 15 is 0 Å². The summed E-state index contributed by atoms with van der Waals surface area (Å²) < 4.78 is 11.0. The van der Waals surface area contributed by atoms with Crippen LogP contribution in [0.4, 0.5) is 0 Å². The third-order valence-corrected chi connectivity index (χ3v) is 3.11. The largest absolute Gasteiger partial charge is 0.439 e. The normalized spacial score (nSPS) is 12.2. The molecule has 0 atom stereocenters. The monoisotopic (exact) mass is 282 g/mol. The van der Waals surface area contributed by atoms with Crippen molar-refractivity contribution in [2.75, 3.05) is 0 Å². The second kappa shape index (κ2) is 3.44. The number of H-pyrrole nitrogens is 2. The maximum atomic E-state index is 11.4. The Balaban J connectivity index is 3.24. The zero-order valence-electron chi connectivity index (χ0n) is 7.75. The number of fused-ring (bicyclic) bond motifs is 1. The van der Waals surface area contributed by atoms with Crippen LogP contribution in [0.25, 0.3) is 11.2 Å². The molecule has 0 spiro atoms. The van der Waals surface area contributed by atoms with Crippen molar-refractivity contribution in [2.24, 2.45) is 0 Å². The molecule has 0 aliphatic carbocycles. The molecule has 2 rings (SSSR count). The maximum absolute atomic E-state index is 11.4. The van der Waals surface area contributed by atoms with Crippen LogP contribution in [0.2, 0.25) is 0 Å². The standard InChI is InChI=1S/C5H4ClN4O6P/c6-9-3(11)1-2(8-4(12)7-1)10(5(9)13)17(14,15)16/h(H2,7,8,12)(H2,14,15,16). The molecule has 0 aromatic carbocycles. The van der Waals surface area contributed by atoms with Crippen molar-refractivity contribution in [3.8, 4) is 0 Å². The number of hydrogen-bond acceptors (Lipinski definition) is 4. The minimum absolute atomic E-state index is 0.0365. The Morgan fingerprint density at radius 3 is 2.29 bits per heavy atom. The van der Waals surface area contributed by atoms with Crippen molar-refractivity contribution in [2.45, 2.75) is 0 Å². The zero-order valence-corrected chi connectivity index (χ0v) is 9.40. The molecule has 2 heterocycles. The molecule has 0 bridgehead atoms. The SMILES string of the molecule is O=c1[nH]c2c(=O)n(Cl)c(=O)n(P(=O)(O)O)c2[nH]1. The third kappa shape index (κ3) is 1.67. The molecule has 12 heteroatoms. The van der Waals surface area contributed by atoms with E-state index in [1.54, 1.807) is 0 Å². The van der Waals surface area contributed by atoms with Crippen molar-refractivity contribution < 1.29 is 14.4 Å². The number of halogens is 1. The quantitative estimate of drug-likeness (QED) is 0.450. The molecule has 10 nitrogen and oxygen atoms in total. The maximum Gasteiger partial charge on any atom is 0.439 e. The van der Waals surface area contributed by atoms with E-state index in [0.29, 0.717) is 0 Å². The summed E-state index contributed by atoms with van der Waals surface area (Å²) in [7, 11) is -5.06. The van der Waals surface area contributed by atoms with Crippen molar-refractivity contribution in [3.05, 3.63) is 31.3 Å². The topological polar surface area (TPSA) is 150 Å². The molecule has 0 saturated heterocycles. The smallest absolute Gasteiger partial charge is 0.308 e. The Morgan fingerprint density at radius 2 is 1.76 bits per heavy atom. The van der Waals surface area contributed by atoms with E-state index in [1.807, 2.05) is 9.97 Å². The number of aromatic amines is 2. The third-order valence-electron chi connectivity index (χ3n) is 1.92. The van der Waals surface area contributed by atoms with Crippen molar-refractivity contribution in [3.63, 3.8) is 0 Å². The minimum atomic E-state index is -5.06. The van der Waals surface area contributed by atoms with Gasteiger partial charge in [0, 0.05) is 11.8 Å². The van der Waals surface area contributed by atoms with Gasteiger partial charge < -0.3 is 9.79 Å². The van der Waals surface area contributed by atoms with Crippen LogP contribution in [0.1, 0.15) is 0 Å². The summed E-state index contributed by atoms with van der Waals surface area (Å²) in [5, 5.41) is 0. The summed E-state index contributed by atoms with van der Waals surface area (Å²) in [5.74, 6) is 0. The van der Waals surface area contributed by atoms with Gasteiger partial charge in [-0.2, -0.15) is 8.42 Å². The predicted molar refractivity (Wildman–Crippen MR) is 56.1 cm³/mol. The second-order valence-corrected chi connectivity index (χ2v) is 4.76. The van der Waals surface area contributed by atoms with Gasteiger partial charge in [-0.1, -0.05) is 0 Å². The lowest BCUT2D eigenvalue weighted by Crippen LogP contribution is -2.34. The lowest BCUT2D eigenvalue weighted by Gasteiger charge is -2.08. The van der Waals surface area contributed by atoms with E-state index < -0.39 is 35.8 Å². The van der Waals surface area contributed by atoms with Gasteiger partial charge >= 0.3 is 19.1 Å². The summed E-state index contributed by atoms with van der Waals surface area (Å²) in [6.45, 7) is 0. The molecule has 0 unspecified atom stereocenters. The molecular formula is C5H4ClN4O6P. The highest BCUT2D eigenvalue weighted by Gasteiger charge is 2.26. The highest BCUT2D eigenvalue weighted by atomic mass is 35.5. The van der Waals surface area contributed by atoms with Crippen LogP contribution in [0.5, 0.6) is 0 Å². The first kappa shape index (κ1) is 11.9. The Labute approximate surface area is 95.4 Å². The van der Waals surface area contributed by atoms with Gasteiger partial charge in [-0.3, -0.25) is 14.8 Å². The predicted octanol–water partition coefficient (Wildman–Crippen LogP) is -1.88. The van der Waals surface area contributed by atoms with Crippen LogP contribution in [0.3, 0.4) is 0 Å². The van der Waals surface area contributed by atoms with Crippen molar-refractivity contribution in [1.82, 2.24) is 18.4 Å². The number of imidazole rings is 1. The Morgan fingerprint density at radius 1 is 1.18 bits per heavy atom. The first-order valence-corrected chi connectivity index (χ1v) is 5.86. The van der Waals surface area contributed by atoms with Gasteiger partial charge in [-0.25, -0.2) is 14.2 Å². The molecular weight excluding hydrogens is 279 g/mol. The van der Waals surface area contributed by atoms with Crippen LogP contribution < -0.4 is 16.9 Å². The van der Waals surface area contributed by atoms with Crippen LogP contribution in [-0.2, 0) is 4.57 Å². The van der Waals surface area contributed by atoms with E-state index in [-0.39, 0.29) is 8.42 Å². The molecule has 0 aliphatic rings. The van der Waals surface area contributed by atoms with Gasteiger partial charge in [0.1, 0.15) is 0 Å². The average Bonchev–Trinajstić information content (AvgIpc) is 2.54. The van der Waals surface area contributed by atoms with Gasteiger partial charge in [-0.05, 0) is 0 Å². The first-order chi connectivity index (χ1) is 7.73. The molecule has 0 radical (unpaired) electrons. The lowest BCUT2D eigenvalue weighted by molar-refractivity contribution is 0.360. The zero-order chi connectivity index (χ0) is 13.0. The van der Waals surface area contributed by atoms with E-state index in [4.69, 9.17) is 21.6 Å².